The van der Waals surface area contributed by atoms with E-state index in [1.165, 1.54) is 25.1 Å². The van der Waals surface area contributed by atoms with Gasteiger partial charge in [0.25, 0.3) is 0 Å². The van der Waals surface area contributed by atoms with Crippen molar-refractivity contribution in [1.82, 2.24) is 0 Å². The van der Waals surface area contributed by atoms with E-state index >= 15 is 0 Å². The molecule has 2 aromatic rings. The zero-order chi connectivity index (χ0) is 23.2. The van der Waals surface area contributed by atoms with Crippen molar-refractivity contribution in [3.63, 3.8) is 0 Å². The number of ether oxygens (including phenoxy) is 2. The fourth-order valence-corrected chi connectivity index (χ4v) is 2.96. The van der Waals surface area contributed by atoms with E-state index in [4.69, 9.17) is 9.47 Å². The van der Waals surface area contributed by atoms with Crippen LogP contribution in [0.15, 0.2) is 36.4 Å². The molecule has 0 aliphatic heterocycles. The third kappa shape index (κ3) is 6.47. The number of esters is 1. The summed E-state index contributed by atoms with van der Waals surface area (Å²) in [6, 6.07) is 8.00. The summed E-state index contributed by atoms with van der Waals surface area (Å²) in [6.07, 6.45) is 0.852. The number of benzene rings is 2. The van der Waals surface area contributed by atoms with Gasteiger partial charge in [-0.1, -0.05) is 6.07 Å². The largest absolute Gasteiger partial charge is 0.508 e. The first kappa shape index (κ1) is 23.7. The lowest BCUT2D eigenvalue weighted by molar-refractivity contribution is -0.153. The molecule has 3 N–H and O–H groups in total. The lowest BCUT2D eigenvalue weighted by Gasteiger charge is -2.22. The van der Waals surface area contributed by atoms with E-state index in [0.717, 1.165) is 6.07 Å². The highest BCUT2D eigenvalue weighted by atomic mass is 16.5. The Bertz CT molecular complexity index is 957. The molecule has 2 rings (SSSR count). The van der Waals surface area contributed by atoms with Crippen LogP contribution < -0.4 is 4.74 Å². The fourth-order valence-electron chi connectivity index (χ4n) is 2.96. The van der Waals surface area contributed by atoms with Crippen LogP contribution in [0, 0.1) is 5.41 Å². The molecule has 0 saturated heterocycles. The molecule has 0 spiro atoms. The van der Waals surface area contributed by atoms with Gasteiger partial charge in [0.1, 0.15) is 28.6 Å². The fraction of sp³-hybridized carbons (Fsp3) is 0.348. The van der Waals surface area contributed by atoms with E-state index in [1.54, 1.807) is 26.0 Å². The van der Waals surface area contributed by atoms with Crippen molar-refractivity contribution >= 4 is 17.5 Å². The van der Waals surface area contributed by atoms with Crippen LogP contribution in [0.25, 0.3) is 0 Å². The number of hydrogen-bond acceptors (Lipinski definition) is 8. The summed E-state index contributed by atoms with van der Waals surface area (Å²) < 4.78 is 10.7. The summed E-state index contributed by atoms with van der Waals surface area (Å²) in [5.41, 5.74) is -0.756. The molecule has 8 heteroatoms. The Labute approximate surface area is 180 Å². The van der Waals surface area contributed by atoms with Crippen LogP contribution in [0.1, 0.15) is 54.3 Å². The maximum atomic E-state index is 12.4. The number of hydrogen-bond donors (Lipinski definition) is 3. The van der Waals surface area contributed by atoms with Crippen LogP contribution in [-0.2, 0) is 9.53 Å². The third-order valence-electron chi connectivity index (χ3n) is 4.67. The first-order valence-electron chi connectivity index (χ1n) is 9.70. The Kier molecular flexibility index (Phi) is 7.63. The summed E-state index contributed by atoms with van der Waals surface area (Å²) in [7, 11) is 0. The highest BCUT2D eigenvalue weighted by Gasteiger charge is 2.29. The molecule has 166 valence electrons. The average molecular weight is 430 g/mol. The van der Waals surface area contributed by atoms with Gasteiger partial charge in [0.15, 0.2) is 12.4 Å². The Hall–Kier alpha value is -3.55. The topological polar surface area (TPSA) is 130 Å². The van der Waals surface area contributed by atoms with E-state index < -0.39 is 23.8 Å². The highest BCUT2D eigenvalue weighted by Crippen LogP contribution is 2.29. The zero-order valence-corrected chi connectivity index (χ0v) is 17.7. The second-order valence-corrected chi connectivity index (χ2v) is 7.78. The second-order valence-electron chi connectivity index (χ2n) is 7.78. The SMILES string of the molecule is CC(=O)c1c(O)cccc1OCCCC(C)(C)C(=O)OCC(=O)c1cc(O)cc(O)c1. The molecule has 0 atom stereocenters. The lowest BCUT2D eigenvalue weighted by Crippen LogP contribution is -2.29. The van der Waals surface area contributed by atoms with Crippen LogP contribution in [0.2, 0.25) is 0 Å². The van der Waals surface area contributed by atoms with Gasteiger partial charge in [-0.25, -0.2) is 0 Å². The summed E-state index contributed by atoms with van der Waals surface area (Å²) in [5, 5.41) is 28.7. The maximum absolute atomic E-state index is 12.4. The number of phenols is 3. The molecular formula is C23H26O8. The Morgan fingerprint density at radius 1 is 1.00 bits per heavy atom. The maximum Gasteiger partial charge on any atom is 0.311 e. The molecule has 2 aromatic carbocycles. The summed E-state index contributed by atoms with van der Waals surface area (Å²) in [4.78, 5) is 36.2. The van der Waals surface area contributed by atoms with Crippen LogP contribution in [0.3, 0.4) is 0 Å². The third-order valence-corrected chi connectivity index (χ3v) is 4.67. The van der Waals surface area contributed by atoms with Crippen LogP contribution in [-0.4, -0.2) is 46.1 Å². The Morgan fingerprint density at radius 2 is 1.65 bits per heavy atom. The van der Waals surface area contributed by atoms with Gasteiger partial charge >= 0.3 is 5.97 Å². The summed E-state index contributed by atoms with van der Waals surface area (Å²) in [6.45, 7) is 4.38. The van der Waals surface area contributed by atoms with Gasteiger partial charge in [0, 0.05) is 11.6 Å². The minimum absolute atomic E-state index is 0.0314. The van der Waals surface area contributed by atoms with Crippen LogP contribution in [0.5, 0.6) is 23.0 Å². The number of carbonyl (C=O) groups excluding carboxylic acids is 3. The number of aromatic hydroxyl groups is 3. The molecule has 0 aliphatic carbocycles. The minimum atomic E-state index is -0.896. The summed E-state index contributed by atoms with van der Waals surface area (Å²) in [5.74, 6) is -1.87. The van der Waals surface area contributed by atoms with Crippen molar-refractivity contribution in [2.45, 2.75) is 33.6 Å². The van der Waals surface area contributed by atoms with Crippen LogP contribution in [0.4, 0.5) is 0 Å². The van der Waals surface area contributed by atoms with Crippen molar-refractivity contribution in [2.24, 2.45) is 5.41 Å². The van der Waals surface area contributed by atoms with E-state index in [9.17, 15) is 29.7 Å². The number of phenolic OH excluding ortho intramolecular Hbond substituents is 3. The van der Waals surface area contributed by atoms with E-state index in [2.05, 4.69) is 0 Å². The molecule has 0 aromatic heterocycles. The van der Waals surface area contributed by atoms with Crippen molar-refractivity contribution < 1.29 is 39.2 Å². The summed E-state index contributed by atoms with van der Waals surface area (Å²) >= 11 is 0. The lowest BCUT2D eigenvalue weighted by atomic mass is 9.88. The van der Waals surface area contributed by atoms with E-state index in [0.29, 0.717) is 12.8 Å². The van der Waals surface area contributed by atoms with Gasteiger partial charge in [-0.05, 0) is 57.9 Å². The number of carbonyl (C=O) groups is 3. The molecule has 0 heterocycles. The van der Waals surface area contributed by atoms with E-state index in [1.807, 2.05) is 0 Å². The van der Waals surface area contributed by atoms with Crippen molar-refractivity contribution in [1.29, 1.82) is 0 Å². The van der Waals surface area contributed by atoms with Gasteiger partial charge in [-0.2, -0.15) is 0 Å². The van der Waals surface area contributed by atoms with Gasteiger partial charge in [-0.3, -0.25) is 14.4 Å². The minimum Gasteiger partial charge on any atom is -0.508 e. The molecule has 0 radical (unpaired) electrons. The normalized spacial score (nSPS) is 11.1. The van der Waals surface area contributed by atoms with Gasteiger partial charge in [0.2, 0.25) is 5.78 Å². The second kappa shape index (κ2) is 9.97. The molecular weight excluding hydrogens is 404 g/mol. The molecule has 0 fully saturated rings. The highest BCUT2D eigenvalue weighted by molar-refractivity contribution is 5.99. The molecule has 0 amide bonds. The molecule has 0 aliphatic rings. The first-order chi connectivity index (χ1) is 14.5. The van der Waals surface area contributed by atoms with Gasteiger partial charge in [-0.15, -0.1) is 0 Å². The zero-order valence-electron chi connectivity index (χ0n) is 17.7. The molecule has 0 bridgehead atoms. The Morgan fingerprint density at radius 3 is 2.26 bits per heavy atom. The predicted octanol–water partition coefficient (Wildman–Crippen LogP) is 3.62. The smallest absolute Gasteiger partial charge is 0.311 e. The van der Waals surface area contributed by atoms with E-state index in [-0.39, 0.29) is 46.5 Å². The first-order valence-corrected chi connectivity index (χ1v) is 9.70. The molecule has 31 heavy (non-hydrogen) atoms. The van der Waals surface area contributed by atoms with Gasteiger partial charge < -0.3 is 24.8 Å². The quantitative estimate of drug-likeness (QED) is 0.296. The van der Waals surface area contributed by atoms with Crippen molar-refractivity contribution in [2.75, 3.05) is 13.2 Å². The number of Topliss-reactive ketones (excluding diaryl/α,β-unsaturated/α-hetero) is 2. The van der Waals surface area contributed by atoms with Gasteiger partial charge in [0.05, 0.1) is 12.0 Å². The predicted molar refractivity (Wildman–Crippen MR) is 112 cm³/mol. The number of rotatable bonds is 10. The Balaban J connectivity index is 1.85. The van der Waals surface area contributed by atoms with Crippen molar-refractivity contribution in [3.8, 4) is 23.0 Å². The van der Waals surface area contributed by atoms with Crippen molar-refractivity contribution in [3.05, 3.63) is 47.5 Å². The standard InChI is InChI=1S/C23H26O8/c1-14(24)21-18(27)6-4-7-20(21)30-9-5-8-23(2,3)22(29)31-13-19(28)15-10-16(25)12-17(26)11-15/h4,6-7,10-12,25-27H,5,8-9,13H2,1-3H3. The average Bonchev–Trinajstić information content (AvgIpc) is 2.68. The molecule has 8 nitrogen and oxygen atoms in total. The molecule has 0 saturated carbocycles. The monoisotopic (exact) mass is 430 g/mol. The number of ketones is 2. The molecule has 0 unspecified atom stereocenters. The van der Waals surface area contributed by atoms with Crippen LogP contribution >= 0.6 is 0 Å².